The molecule has 0 bridgehead atoms. The van der Waals surface area contributed by atoms with Gasteiger partial charge in [0.15, 0.2) is 0 Å². The highest BCUT2D eigenvalue weighted by atomic mass is 16.5. The Morgan fingerprint density at radius 2 is 2.25 bits per heavy atom. The molecule has 2 rings (SSSR count). The Balaban J connectivity index is 2.18. The number of carbonyl (C=O) groups is 1. The molecular weight excluding hydrogens is 252 g/mol. The number of nitrogen functional groups attached to an aromatic ring is 1. The first-order valence-electron chi connectivity index (χ1n) is 6.90. The molecule has 4 heteroatoms. The minimum Gasteiger partial charge on any atom is -0.494 e. The van der Waals surface area contributed by atoms with E-state index in [1.165, 1.54) is 12.8 Å². The van der Waals surface area contributed by atoms with E-state index in [0.29, 0.717) is 36.1 Å². The maximum absolute atomic E-state index is 12.5. The van der Waals surface area contributed by atoms with Gasteiger partial charge in [-0.05, 0) is 37.8 Å². The van der Waals surface area contributed by atoms with Crippen LogP contribution >= 0.6 is 0 Å². The second kappa shape index (κ2) is 6.33. The van der Waals surface area contributed by atoms with Crippen molar-refractivity contribution in [3.05, 3.63) is 23.8 Å². The van der Waals surface area contributed by atoms with Crippen molar-refractivity contribution in [1.29, 1.82) is 0 Å². The normalized spacial score (nSPS) is 13.6. The van der Waals surface area contributed by atoms with Gasteiger partial charge in [0, 0.05) is 23.9 Å². The molecule has 0 radical (unpaired) electrons. The lowest BCUT2D eigenvalue weighted by atomic mass is 10.1. The van der Waals surface area contributed by atoms with Crippen LogP contribution in [-0.2, 0) is 0 Å². The number of hydrogen-bond donors (Lipinski definition) is 1. The molecule has 1 aliphatic carbocycles. The molecule has 1 aromatic rings. The summed E-state index contributed by atoms with van der Waals surface area (Å²) in [6.07, 6.45) is 7.71. The van der Waals surface area contributed by atoms with E-state index in [9.17, 15) is 4.79 Å². The zero-order valence-electron chi connectivity index (χ0n) is 11.8. The van der Waals surface area contributed by atoms with E-state index < -0.39 is 0 Å². The summed E-state index contributed by atoms with van der Waals surface area (Å²) in [5.74, 6) is 3.68. The van der Waals surface area contributed by atoms with Crippen LogP contribution in [0.4, 0.5) is 5.69 Å². The molecule has 1 fully saturated rings. The molecule has 106 valence electrons. The number of nitrogens with zero attached hydrogens (tertiary/aromatic N) is 1. The molecule has 0 unspecified atom stereocenters. The molecule has 20 heavy (non-hydrogen) atoms. The third-order valence-corrected chi connectivity index (χ3v) is 3.23. The third-order valence-electron chi connectivity index (χ3n) is 3.23. The molecule has 1 aliphatic rings. The maximum Gasteiger partial charge on any atom is 0.254 e. The van der Waals surface area contributed by atoms with Gasteiger partial charge in [-0.1, -0.05) is 5.92 Å². The van der Waals surface area contributed by atoms with E-state index in [-0.39, 0.29) is 5.91 Å². The van der Waals surface area contributed by atoms with Gasteiger partial charge < -0.3 is 15.4 Å². The summed E-state index contributed by atoms with van der Waals surface area (Å²) in [5, 5.41) is 0. The number of hydrogen-bond acceptors (Lipinski definition) is 3. The van der Waals surface area contributed by atoms with Gasteiger partial charge in [-0.3, -0.25) is 4.79 Å². The highest BCUT2D eigenvalue weighted by molar-refractivity contribution is 5.95. The van der Waals surface area contributed by atoms with Gasteiger partial charge >= 0.3 is 0 Å². The van der Waals surface area contributed by atoms with Gasteiger partial charge in [0.2, 0.25) is 0 Å². The Morgan fingerprint density at radius 3 is 2.85 bits per heavy atom. The van der Waals surface area contributed by atoms with Crippen LogP contribution in [0.3, 0.4) is 0 Å². The minimum atomic E-state index is -0.0805. The first kappa shape index (κ1) is 14.3. The average molecular weight is 272 g/mol. The van der Waals surface area contributed by atoms with E-state index >= 15 is 0 Å². The summed E-state index contributed by atoms with van der Waals surface area (Å²) < 4.78 is 5.42. The van der Waals surface area contributed by atoms with Gasteiger partial charge in [-0.15, -0.1) is 6.42 Å². The largest absolute Gasteiger partial charge is 0.494 e. The van der Waals surface area contributed by atoms with Crippen LogP contribution in [0.2, 0.25) is 0 Å². The van der Waals surface area contributed by atoms with E-state index in [4.69, 9.17) is 16.9 Å². The molecule has 4 nitrogen and oxygen atoms in total. The quantitative estimate of drug-likeness (QED) is 0.637. The van der Waals surface area contributed by atoms with Crippen molar-refractivity contribution in [3.63, 3.8) is 0 Å². The number of ether oxygens (including phenoxy) is 1. The Bertz CT molecular complexity index is 530. The van der Waals surface area contributed by atoms with Crippen LogP contribution in [0, 0.1) is 18.3 Å². The third kappa shape index (κ3) is 3.67. The molecule has 0 aliphatic heterocycles. The predicted molar refractivity (Wildman–Crippen MR) is 79.5 cm³/mol. The second-order valence-corrected chi connectivity index (χ2v) is 5.06. The molecule has 1 amide bonds. The van der Waals surface area contributed by atoms with Crippen LogP contribution in [0.25, 0.3) is 0 Å². The first-order valence-corrected chi connectivity index (χ1v) is 6.90. The Morgan fingerprint density at radius 1 is 1.50 bits per heavy atom. The summed E-state index contributed by atoms with van der Waals surface area (Å²) in [6, 6.07) is 5.10. The lowest BCUT2D eigenvalue weighted by Crippen LogP contribution is -2.33. The van der Waals surface area contributed by atoms with Gasteiger partial charge in [-0.25, -0.2) is 0 Å². The number of anilines is 1. The summed E-state index contributed by atoms with van der Waals surface area (Å²) in [5.41, 5.74) is 6.88. The van der Waals surface area contributed by atoms with E-state index in [1.807, 2.05) is 6.92 Å². The summed E-state index contributed by atoms with van der Waals surface area (Å²) >= 11 is 0. The van der Waals surface area contributed by atoms with E-state index in [0.717, 1.165) is 6.54 Å². The Labute approximate surface area is 119 Å². The van der Waals surface area contributed by atoms with Crippen LogP contribution < -0.4 is 10.5 Å². The van der Waals surface area contributed by atoms with Gasteiger partial charge in [0.05, 0.1) is 13.2 Å². The smallest absolute Gasteiger partial charge is 0.254 e. The van der Waals surface area contributed by atoms with Crippen molar-refractivity contribution in [2.24, 2.45) is 5.92 Å². The standard InChI is InChI=1S/C16H20N2O2/c1-3-7-18(11-12-5-6-12)16(19)13-8-14(17)10-15(9-13)20-4-2/h1,8-10,12H,4-7,11,17H2,2H3. The number of carbonyl (C=O) groups excluding carboxylic acids is 1. The maximum atomic E-state index is 12.5. The number of rotatable bonds is 6. The van der Waals surface area contributed by atoms with Crippen molar-refractivity contribution in [3.8, 4) is 18.1 Å². The summed E-state index contributed by atoms with van der Waals surface area (Å²) in [7, 11) is 0. The molecular formula is C16H20N2O2. The fourth-order valence-electron chi connectivity index (χ4n) is 2.12. The van der Waals surface area contributed by atoms with Crippen molar-refractivity contribution in [2.75, 3.05) is 25.4 Å². The lowest BCUT2D eigenvalue weighted by Gasteiger charge is -2.20. The summed E-state index contributed by atoms with van der Waals surface area (Å²) in [6.45, 7) is 3.48. The molecule has 0 heterocycles. The Kier molecular flexibility index (Phi) is 4.52. The Hall–Kier alpha value is -2.15. The average Bonchev–Trinajstić information content (AvgIpc) is 3.21. The van der Waals surface area contributed by atoms with Gasteiger partial charge in [0.1, 0.15) is 5.75 Å². The molecule has 1 aromatic carbocycles. The number of terminal acetylenes is 1. The topological polar surface area (TPSA) is 55.6 Å². The second-order valence-electron chi connectivity index (χ2n) is 5.06. The zero-order valence-corrected chi connectivity index (χ0v) is 11.8. The first-order chi connectivity index (χ1) is 9.63. The summed E-state index contributed by atoms with van der Waals surface area (Å²) in [4.78, 5) is 14.2. The van der Waals surface area contributed by atoms with Crippen molar-refractivity contribution in [1.82, 2.24) is 4.90 Å². The van der Waals surface area contributed by atoms with Crippen LogP contribution in [0.1, 0.15) is 30.1 Å². The lowest BCUT2D eigenvalue weighted by molar-refractivity contribution is 0.0769. The van der Waals surface area contributed by atoms with Crippen molar-refractivity contribution < 1.29 is 9.53 Å². The van der Waals surface area contributed by atoms with Crippen LogP contribution in [-0.4, -0.2) is 30.5 Å². The fraction of sp³-hybridized carbons (Fsp3) is 0.438. The SMILES string of the molecule is C#CCN(CC1CC1)C(=O)c1cc(N)cc(OCC)c1. The zero-order chi connectivity index (χ0) is 14.5. The van der Waals surface area contributed by atoms with Crippen molar-refractivity contribution >= 4 is 11.6 Å². The van der Waals surface area contributed by atoms with E-state index in [2.05, 4.69) is 5.92 Å². The molecule has 0 saturated heterocycles. The predicted octanol–water partition coefficient (Wildman–Crippen LogP) is 2.15. The van der Waals surface area contributed by atoms with Crippen molar-refractivity contribution in [2.45, 2.75) is 19.8 Å². The number of benzene rings is 1. The molecule has 0 aromatic heterocycles. The molecule has 0 spiro atoms. The van der Waals surface area contributed by atoms with Gasteiger partial charge in [0.25, 0.3) is 5.91 Å². The molecule has 0 atom stereocenters. The number of nitrogens with two attached hydrogens (primary N) is 1. The van der Waals surface area contributed by atoms with Gasteiger partial charge in [-0.2, -0.15) is 0 Å². The highest BCUT2D eigenvalue weighted by Crippen LogP contribution is 2.30. The minimum absolute atomic E-state index is 0.0805. The van der Waals surface area contributed by atoms with E-state index in [1.54, 1.807) is 23.1 Å². The molecule has 2 N–H and O–H groups in total. The van der Waals surface area contributed by atoms with Crippen LogP contribution in [0.15, 0.2) is 18.2 Å². The monoisotopic (exact) mass is 272 g/mol. The van der Waals surface area contributed by atoms with Crippen LogP contribution in [0.5, 0.6) is 5.75 Å². The fourth-order valence-corrected chi connectivity index (χ4v) is 2.12. The number of amides is 1. The highest BCUT2D eigenvalue weighted by Gasteiger charge is 2.27. The molecule has 1 saturated carbocycles.